The number of carbonyl (C=O) groups is 2. The van der Waals surface area contributed by atoms with Gasteiger partial charge in [0.25, 0.3) is 11.8 Å². The Kier molecular flexibility index (Phi) is 6.92. The topological polar surface area (TPSA) is 66.5 Å². The first-order chi connectivity index (χ1) is 17.4. The first-order valence-electron chi connectivity index (χ1n) is 11.1. The van der Waals surface area contributed by atoms with Gasteiger partial charge < -0.3 is 10.2 Å². The van der Waals surface area contributed by atoms with E-state index in [1.807, 2.05) is 24.3 Å². The monoisotopic (exact) mass is 534 g/mol. The molecule has 0 saturated carbocycles. The van der Waals surface area contributed by atoms with Gasteiger partial charge in [-0.1, -0.05) is 59.6 Å². The number of carbonyl (C=O) groups excluding carboxylic acids is 2. The minimum atomic E-state index is -1.60. The van der Waals surface area contributed by atoms with Gasteiger partial charge in [0.1, 0.15) is 0 Å². The van der Waals surface area contributed by atoms with E-state index in [0.29, 0.717) is 43.2 Å². The number of hydrogen-bond donors (Lipinski definition) is 1. The molecule has 5 rings (SSSR count). The van der Waals surface area contributed by atoms with Crippen molar-refractivity contribution in [3.8, 4) is 0 Å². The van der Waals surface area contributed by atoms with E-state index in [1.54, 1.807) is 71.6 Å². The van der Waals surface area contributed by atoms with Crippen LogP contribution in [-0.4, -0.2) is 16.0 Å². The molecule has 8 heteroatoms. The van der Waals surface area contributed by atoms with Crippen LogP contribution >= 0.6 is 23.2 Å². The summed E-state index contributed by atoms with van der Waals surface area (Å²) in [6, 6.07) is 26.2. The molecule has 0 aromatic heterocycles. The molecule has 4 aromatic carbocycles. The SMILES string of the molecule is O=C(NCc1ccc(Cl)cc1)c1ccc2c(c1)N(Cc1cccc(Cl)c1)C(=O)c1ccccc1[S@@]2=O. The van der Waals surface area contributed by atoms with Gasteiger partial charge in [-0.25, -0.2) is 4.21 Å². The van der Waals surface area contributed by atoms with Crippen molar-refractivity contribution in [2.24, 2.45) is 0 Å². The van der Waals surface area contributed by atoms with Gasteiger partial charge in [-0.3, -0.25) is 9.59 Å². The number of amides is 2. The van der Waals surface area contributed by atoms with Crippen LogP contribution in [0.2, 0.25) is 10.0 Å². The van der Waals surface area contributed by atoms with E-state index in [4.69, 9.17) is 23.2 Å². The van der Waals surface area contributed by atoms with E-state index in [1.165, 1.54) is 0 Å². The van der Waals surface area contributed by atoms with Crippen LogP contribution in [0.3, 0.4) is 0 Å². The predicted molar refractivity (Wildman–Crippen MR) is 142 cm³/mol. The van der Waals surface area contributed by atoms with Gasteiger partial charge in [0.2, 0.25) is 0 Å². The number of halogens is 2. The lowest BCUT2D eigenvalue weighted by atomic mass is 10.1. The van der Waals surface area contributed by atoms with Gasteiger partial charge in [0, 0.05) is 22.2 Å². The standard InChI is InChI=1S/C28H20Cl2N2O3S/c29-21-11-8-18(9-12-21)16-31-27(33)20-10-13-26-24(15-20)32(17-19-4-3-5-22(30)14-19)28(34)23-6-1-2-7-25(23)36(26)35/h1-15H,16-17H2,(H,31,33)/t36-/m0/s1. The lowest BCUT2D eigenvalue weighted by Crippen LogP contribution is -2.31. The third-order valence-corrected chi connectivity index (χ3v) is 7.86. The molecule has 1 atom stereocenters. The average molecular weight is 535 g/mol. The Morgan fingerprint density at radius 3 is 2.36 bits per heavy atom. The molecule has 1 aliphatic heterocycles. The third kappa shape index (κ3) is 4.93. The summed E-state index contributed by atoms with van der Waals surface area (Å²) in [5, 5.41) is 4.06. The smallest absolute Gasteiger partial charge is 0.259 e. The summed E-state index contributed by atoms with van der Waals surface area (Å²) in [5.41, 5.74) is 2.85. The Morgan fingerprint density at radius 1 is 0.806 bits per heavy atom. The van der Waals surface area contributed by atoms with Crippen molar-refractivity contribution in [2.75, 3.05) is 4.90 Å². The highest BCUT2D eigenvalue weighted by Gasteiger charge is 2.31. The fraction of sp³-hybridized carbons (Fsp3) is 0.0714. The Hall–Kier alpha value is -3.45. The first-order valence-corrected chi connectivity index (χ1v) is 13.0. The predicted octanol–water partition coefficient (Wildman–Crippen LogP) is 6.25. The van der Waals surface area contributed by atoms with Gasteiger partial charge in [-0.05, 0) is 65.7 Å². The Morgan fingerprint density at radius 2 is 1.58 bits per heavy atom. The summed E-state index contributed by atoms with van der Waals surface area (Å²) < 4.78 is 13.5. The van der Waals surface area contributed by atoms with E-state index in [-0.39, 0.29) is 18.4 Å². The fourth-order valence-electron chi connectivity index (χ4n) is 4.07. The molecular weight excluding hydrogens is 515 g/mol. The zero-order valence-corrected chi connectivity index (χ0v) is 21.2. The molecule has 1 N–H and O–H groups in total. The van der Waals surface area contributed by atoms with Crippen molar-refractivity contribution in [1.29, 1.82) is 0 Å². The third-order valence-electron chi connectivity index (χ3n) is 5.87. The molecule has 0 bridgehead atoms. The second-order valence-corrected chi connectivity index (χ2v) is 10.6. The summed E-state index contributed by atoms with van der Waals surface area (Å²) in [6.07, 6.45) is 0. The van der Waals surface area contributed by atoms with Crippen LogP contribution in [0.4, 0.5) is 5.69 Å². The van der Waals surface area contributed by atoms with E-state index < -0.39 is 10.8 Å². The van der Waals surface area contributed by atoms with Gasteiger partial charge in [0.05, 0.1) is 38.4 Å². The Labute approximate surface area is 221 Å². The van der Waals surface area contributed by atoms with Crippen molar-refractivity contribution in [1.82, 2.24) is 5.32 Å². The molecule has 0 radical (unpaired) electrons. The Bertz CT molecular complexity index is 1510. The molecule has 0 saturated heterocycles. The molecule has 5 nitrogen and oxygen atoms in total. The molecule has 4 aromatic rings. The molecule has 0 fully saturated rings. The number of nitrogens with zero attached hydrogens (tertiary/aromatic N) is 1. The maximum Gasteiger partial charge on any atom is 0.259 e. The summed E-state index contributed by atoms with van der Waals surface area (Å²) in [5.74, 6) is -0.605. The average Bonchev–Trinajstić information content (AvgIpc) is 2.97. The molecule has 2 amide bonds. The van der Waals surface area contributed by atoms with Gasteiger partial charge in [-0.2, -0.15) is 0 Å². The van der Waals surface area contributed by atoms with Crippen molar-refractivity contribution in [2.45, 2.75) is 22.9 Å². The molecule has 0 spiro atoms. The van der Waals surface area contributed by atoms with E-state index in [0.717, 1.165) is 11.1 Å². The number of rotatable bonds is 5. The lowest BCUT2D eigenvalue weighted by molar-refractivity contribution is 0.0947. The highest BCUT2D eigenvalue weighted by molar-refractivity contribution is 7.85. The minimum Gasteiger partial charge on any atom is -0.348 e. The number of benzene rings is 4. The zero-order valence-electron chi connectivity index (χ0n) is 18.9. The van der Waals surface area contributed by atoms with Crippen LogP contribution in [-0.2, 0) is 23.9 Å². The van der Waals surface area contributed by atoms with Crippen LogP contribution in [0, 0.1) is 0 Å². The lowest BCUT2D eigenvalue weighted by Gasteiger charge is -2.24. The van der Waals surface area contributed by atoms with Crippen LogP contribution in [0.15, 0.2) is 101 Å². The fourth-order valence-corrected chi connectivity index (χ4v) is 5.75. The largest absolute Gasteiger partial charge is 0.348 e. The van der Waals surface area contributed by atoms with Crippen molar-refractivity contribution in [3.63, 3.8) is 0 Å². The second kappa shape index (κ2) is 10.3. The van der Waals surface area contributed by atoms with Crippen molar-refractivity contribution in [3.05, 3.63) is 123 Å². The van der Waals surface area contributed by atoms with Gasteiger partial charge in [0.15, 0.2) is 0 Å². The molecule has 180 valence electrons. The summed E-state index contributed by atoms with van der Waals surface area (Å²) in [6.45, 7) is 0.517. The van der Waals surface area contributed by atoms with Crippen LogP contribution < -0.4 is 10.2 Å². The van der Waals surface area contributed by atoms with Gasteiger partial charge >= 0.3 is 0 Å². The Balaban J connectivity index is 1.53. The van der Waals surface area contributed by atoms with Crippen molar-refractivity contribution < 1.29 is 13.8 Å². The number of fused-ring (bicyclic) bond motifs is 2. The summed E-state index contributed by atoms with van der Waals surface area (Å²) in [7, 11) is -1.60. The number of anilines is 1. The normalized spacial score (nSPS) is 14.6. The van der Waals surface area contributed by atoms with E-state index in [2.05, 4.69) is 5.32 Å². The first kappa shape index (κ1) is 24.3. The summed E-state index contributed by atoms with van der Waals surface area (Å²) in [4.78, 5) is 29.2. The maximum atomic E-state index is 13.7. The summed E-state index contributed by atoms with van der Waals surface area (Å²) >= 11 is 12.1. The van der Waals surface area contributed by atoms with Crippen LogP contribution in [0.1, 0.15) is 31.8 Å². The minimum absolute atomic E-state index is 0.202. The van der Waals surface area contributed by atoms with Crippen LogP contribution in [0.25, 0.3) is 0 Å². The molecule has 1 aliphatic rings. The zero-order chi connectivity index (χ0) is 25.2. The van der Waals surface area contributed by atoms with Gasteiger partial charge in [-0.15, -0.1) is 0 Å². The number of nitrogens with one attached hydrogen (secondary N) is 1. The molecule has 0 aliphatic carbocycles. The molecule has 0 unspecified atom stereocenters. The quantitative estimate of drug-likeness (QED) is 0.329. The highest BCUT2D eigenvalue weighted by atomic mass is 35.5. The van der Waals surface area contributed by atoms with E-state index >= 15 is 0 Å². The molecule has 1 heterocycles. The number of hydrogen-bond acceptors (Lipinski definition) is 3. The maximum absolute atomic E-state index is 13.7. The highest BCUT2D eigenvalue weighted by Crippen LogP contribution is 2.36. The van der Waals surface area contributed by atoms with E-state index in [9.17, 15) is 13.8 Å². The second-order valence-electron chi connectivity index (χ2n) is 8.28. The van der Waals surface area contributed by atoms with Crippen molar-refractivity contribution >= 4 is 51.5 Å². The molecule has 36 heavy (non-hydrogen) atoms. The van der Waals surface area contributed by atoms with Crippen LogP contribution in [0.5, 0.6) is 0 Å². The molecular formula is C28H20Cl2N2O3S.